The quantitative estimate of drug-likeness (QED) is 0.757. The number of hydrogen-bond acceptors (Lipinski definition) is 2. The molecule has 0 atom stereocenters. The van der Waals surface area contributed by atoms with E-state index in [1.807, 2.05) is 6.92 Å². The average Bonchev–Trinajstić information content (AvgIpc) is 2.17. The fourth-order valence-electron chi connectivity index (χ4n) is 1.11. The van der Waals surface area contributed by atoms with Crippen molar-refractivity contribution in [2.45, 2.75) is 19.9 Å². The van der Waals surface area contributed by atoms with E-state index in [4.69, 9.17) is 17.3 Å². The molecule has 0 unspecified atom stereocenters. The molecule has 0 fully saturated rings. The summed E-state index contributed by atoms with van der Waals surface area (Å²) in [5.41, 5.74) is 6.97. The van der Waals surface area contributed by atoms with Crippen molar-refractivity contribution in [2.24, 2.45) is 5.73 Å². The molecule has 0 radical (unpaired) electrons. The number of nitrogens with two attached hydrogens (primary N) is 1. The van der Waals surface area contributed by atoms with E-state index >= 15 is 0 Å². The number of ketones is 1. The molecule has 0 aliphatic carbocycles. The Hall–Kier alpha value is -0.860. The molecule has 1 aromatic rings. The molecule has 13 heavy (non-hydrogen) atoms. The molecule has 2 nitrogen and oxygen atoms in total. The number of halogens is 1. The van der Waals surface area contributed by atoms with Gasteiger partial charge in [-0.2, -0.15) is 0 Å². The summed E-state index contributed by atoms with van der Waals surface area (Å²) in [6.07, 6.45) is 0.506. The first-order valence-corrected chi connectivity index (χ1v) is 4.58. The van der Waals surface area contributed by atoms with Gasteiger partial charge in [0.2, 0.25) is 0 Å². The Morgan fingerprint density at radius 1 is 1.54 bits per heavy atom. The van der Waals surface area contributed by atoms with Crippen LogP contribution >= 0.6 is 11.6 Å². The van der Waals surface area contributed by atoms with Gasteiger partial charge in [0.15, 0.2) is 5.78 Å². The predicted molar refractivity (Wildman–Crippen MR) is 54.0 cm³/mol. The smallest absolute Gasteiger partial charge is 0.162 e. The van der Waals surface area contributed by atoms with Crippen LogP contribution < -0.4 is 5.73 Å². The van der Waals surface area contributed by atoms with Crippen LogP contribution in [0.4, 0.5) is 0 Å². The molecule has 0 amide bonds. The van der Waals surface area contributed by atoms with Crippen molar-refractivity contribution in [1.82, 2.24) is 0 Å². The molecule has 0 aliphatic heterocycles. The van der Waals surface area contributed by atoms with Crippen LogP contribution in [0.15, 0.2) is 18.2 Å². The second-order valence-electron chi connectivity index (χ2n) is 2.79. The topological polar surface area (TPSA) is 43.1 Å². The maximum atomic E-state index is 11.3. The molecular formula is C10H12ClNO. The minimum Gasteiger partial charge on any atom is -0.326 e. The lowest BCUT2D eigenvalue weighted by atomic mass is 10.1. The SMILES string of the molecule is CCC(=O)c1ccc(Cl)c(CN)c1. The summed E-state index contributed by atoms with van der Waals surface area (Å²) in [7, 11) is 0. The number of Topliss-reactive ketones (excluding diaryl/α,β-unsaturated/α-hetero) is 1. The summed E-state index contributed by atoms with van der Waals surface area (Å²) in [6, 6.07) is 5.20. The molecule has 0 heterocycles. The van der Waals surface area contributed by atoms with Gasteiger partial charge >= 0.3 is 0 Å². The van der Waals surface area contributed by atoms with Crippen molar-refractivity contribution in [1.29, 1.82) is 0 Å². The monoisotopic (exact) mass is 197 g/mol. The zero-order chi connectivity index (χ0) is 9.84. The van der Waals surface area contributed by atoms with Crippen LogP contribution in [0.3, 0.4) is 0 Å². The third-order valence-corrected chi connectivity index (χ3v) is 2.28. The Balaban J connectivity index is 3.06. The highest BCUT2D eigenvalue weighted by Gasteiger charge is 2.05. The number of carbonyl (C=O) groups is 1. The van der Waals surface area contributed by atoms with Gasteiger partial charge in [-0.3, -0.25) is 4.79 Å². The molecule has 0 aromatic heterocycles. The summed E-state index contributed by atoms with van der Waals surface area (Å²) in [4.78, 5) is 11.3. The molecule has 0 saturated carbocycles. The molecular weight excluding hydrogens is 186 g/mol. The zero-order valence-corrected chi connectivity index (χ0v) is 8.27. The second-order valence-corrected chi connectivity index (χ2v) is 3.19. The Morgan fingerprint density at radius 2 is 2.23 bits per heavy atom. The van der Waals surface area contributed by atoms with E-state index in [2.05, 4.69) is 0 Å². The van der Waals surface area contributed by atoms with E-state index in [1.54, 1.807) is 18.2 Å². The summed E-state index contributed by atoms with van der Waals surface area (Å²) in [6.45, 7) is 2.20. The maximum absolute atomic E-state index is 11.3. The van der Waals surface area contributed by atoms with E-state index in [9.17, 15) is 4.79 Å². The number of benzene rings is 1. The van der Waals surface area contributed by atoms with Crippen molar-refractivity contribution in [3.63, 3.8) is 0 Å². The van der Waals surface area contributed by atoms with Gasteiger partial charge in [0, 0.05) is 23.6 Å². The third-order valence-electron chi connectivity index (χ3n) is 1.91. The Kier molecular flexibility index (Phi) is 3.46. The summed E-state index contributed by atoms with van der Waals surface area (Å²) in [5.74, 6) is 0.117. The predicted octanol–water partition coefficient (Wildman–Crippen LogP) is 2.39. The van der Waals surface area contributed by atoms with Crippen LogP contribution in [0.1, 0.15) is 29.3 Å². The third kappa shape index (κ3) is 2.29. The summed E-state index contributed by atoms with van der Waals surface area (Å²) in [5, 5.41) is 0.621. The van der Waals surface area contributed by atoms with Crippen molar-refractivity contribution >= 4 is 17.4 Å². The van der Waals surface area contributed by atoms with E-state index in [0.29, 0.717) is 23.6 Å². The van der Waals surface area contributed by atoms with Crippen LogP contribution in [-0.4, -0.2) is 5.78 Å². The molecule has 0 bridgehead atoms. The van der Waals surface area contributed by atoms with Crippen LogP contribution in [0.2, 0.25) is 5.02 Å². The van der Waals surface area contributed by atoms with Crippen molar-refractivity contribution in [3.8, 4) is 0 Å². The zero-order valence-electron chi connectivity index (χ0n) is 7.51. The van der Waals surface area contributed by atoms with Gasteiger partial charge in [-0.1, -0.05) is 18.5 Å². The molecule has 1 rings (SSSR count). The first-order chi connectivity index (χ1) is 6.19. The lowest BCUT2D eigenvalue weighted by Crippen LogP contribution is -2.02. The number of carbonyl (C=O) groups excluding carboxylic acids is 1. The van der Waals surface area contributed by atoms with Gasteiger partial charge in [0.1, 0.15) is 0 Å². The largest absolute Gasteiger partial charge is 0.326 e. The molecule has 0 saturated heterocycles. The molecule has 0 aliphatic rings. The van der Waals surface area contributed by atoms with Gasteiger partial charge < -0.3 is 5.73 Å². The summed E-state index contributed by atoms with van der Waals surface area (Å²) >= 11 is 5.85. The van der Waals surface area contributed by atoms with Crippen LogP contribution in [-0.2, 0) is 6.54 Å². The van der Waals surface area contributed by atoms with Gasteiger partial charge in [-0.05, 0) is 23.8 Å². The van der Waals surface area contributed by atoms with Crippen molar-refractivity contribution < 1.29 is 4.79 Å². The normalized spacial score (nSPS) is 10.1. The van der Waals surface area contributed by atoms with Crippen molar-refractivity contribution in [2.75, 3.05) is 0 Å². The fraction of sp³-hybridized carbons (Fsp3) is 0.300. The molecule has 70 valence electrons. The highest BCUT2D eigenvalue weighted by Crippen LogP contribution is 2.17. The number of rotatable bonds is 3. The number of hydrogen-bond donors (Lipinski definition) is 1. The average molecular weight is 198 g/mol. The van der Waals surface area contributed by atoms with Crippen LogP contribution in [0.5, 0.6) is 0 Å². The van der Waals surface area contributed by atoms with E-state index in [1.165, 1.54) is 0 Å². The standard InChI is InChI=1S/C10H12ClNO/c1-2-10(13)7-3-4-9(11)8(5-7)6-12/h3-5H,2,6,12H2,1H3. The van der Waals surface area contributed by atoms with E-state index in [0.717, 1.165) is 5.56 Å². The first-order valence-electron chi connectivity index (χ1n) is 4.20. The Bertz CT molecular complexity index is 323. The fourth-order valence-corrected chi connectivity index (χ4v) is 1.30. The summed E-state index contributed by atoms with van der Waals surface area (Å²) < 4.78 is 0. The Morgan fingerprint density at radius 3 is 2.77 bits per heavy atom. The van der Waals surface area contributed by atoms with Gasteiger partial charge in [-0.25, -0.2) is 0 Å². The van der Waals surface area contributed by atoms with Crippen LogP contribution in [0, 0.1) is 0 Å². The van der Waals surface area contributed by atoms with Crippen LogP contribution in [0.25, 0.3) is 0 Å². The molecule has 3 heteroatoms. The molecule has 0 spiro atoms. The highest BCUT2D eigenvalue weighted by atomic mass is 35.5. The first kappa shape index (κ1) is 10.2. The van der Waals surface area contributed by atoms with Gasteiger partial charge in [0.05, 0.1) is 0 Å². The lowest BCUT2D eigenvalue weighted by molar-refractivity contribution is 0.0988. The molecule has 2 N–H and O–H groups in total. The van der Waals surface area contributed by atoms with E-state index in [-0.39, 0.29) is 5.78 Å². The second kappa shape index (κ2) is 4.40. The lowest BCUT2D eigenvalue weighted by Gasteiger charge is -2.03. The maximum Gasteiger partial charge on any atom is 0.162 e. The Labute approximate surface area is 82.7 Å². The van der Waals surface area contributed by atoms with Gasteiger partial charge in [-0.15, -0.1) is 0 Å². The van der Waals surface area contributed by atoms with E-state index < -0.39 is 0 Å². The van der Waals surface area contributed by atoms with Gasteiger partial charge in [0.25, 0.3) is 0 Å². The van der Waals surface area contributed by atoms with Crippen molar-refractivity contribution in [3.05, 3.63) is 34.3 Å². The minimum atomic E-state index is 0.117. The highest BCUT2D eigenvalue weighted by molar-refractivity contribution is 6.31. The minimum absolute atomic E-state index is 0.117. The molecule has 1 aromatic carbocycles.